The lowest BCUT2D eigenvalue weighted by Crippen LogP contribution is -2.49. The fraction of sp³-hybridized carbons (Fsp3) is 0.526. The van der Waals surface area contributed by atoms with Crippen molar-refractivity contribution in [3.05, 3.63) is 35.3 Å². The second-order valence-electron chi connectivity index (χ2n) is 6.96. The number of aromatic amines is 1. The molecule has 0 spiro atoms. The zero-order chi connectivity index (χ0) is 17.4. The van der Waals surface area contributed by atoms with Gasteiger partial charge in [-0.2, -0.15) is 11.8 Å². The average molecular weight is 361 g/mol. The summed E-state index contributed by atoms with van der Waals surface area (Å²) in [4.78, 5) is 20.5. The van der Waals surface area contributed by atoms with Crippen molar-refractivity contribution in [2.24, 2.45) is 0 Å². The maximum Gasteiger partial charge on any atom is 0.270 e. The Bertz CT molecular complexity index is 776. The van der Waals surface area contributed by atoms with Crippen molar-refractivity contribution in [1.82, 2.24) is 14.8 Å². The number of para-hydroxylation sites is 1. The van der Waals surface area contributed by atoms with E-state index in [-0.39, 0.29) is 11.7 Å². The Labute approximate surface area is 151 Å². The number of hydrogen-bond donors (Lipinski definition) is 1. The van der Waals surface area contributed by atoms with Gasteiger partial charge in [0.2, 0.25) is 0 Å². The molecule has 2 saturated heterocycles. The van der Waals surface area contributed by atoms with Gasteiger partial charge >= 0.3 is 0 Å². The summed E-state index contributed by atoms with van der Waals surface area (Å²) in [6.45, 7) is 5.80. The van der Waals surface area contributed by atoms with E-state index in [4.69, 9.17) is 0 Å². The highest BCUT2D eigenvalue weighted by Gasteiger charge is 2.29. The molecule has 2 aliphatic rings. The smallest absolute Gasteiger partial charge is 0.270 e. The summed E-state index contributed by atoms with van der Waals surface area (Å²) < 4.78 is 14.0. The predicted octanol–water partition coefficient (Wildman–Crippen LogP) is 3.27. The van der Waals surface area contributed by atoms with Crippen LogP contribution < -0.4 is 0 Å². The van der Waals surface area contributed by atoms with Crippen LogP contribution in [0.1, 0.15) is 28.9 Å². The first-order chi connectivity index (χ1) is 12.1. The van der Waals surface area contributed by atoms with Crippen molar-refractivity contribution in [1.29, 1.82) is 0 Å². The number of thioether (sulfide) groups is 1. The molecule has 0 aliphatic carbocycles. The number of carbonyl (C=O) groups is 1. The number of hydrogen-bond acceptors (Lipinski definition) is 3. The largest absolute Gasteiger partial charge is 0.348 e. The fourth-order valence-corrected chi connectivity index (χ4v) is 5.00. The lowest BCUT2D eigenvalue weighted by atomic mass is 10.0. The molecule has 0 atom stereocenters. The number of aromatic nitrogens is 1. The van der Waals surface area contributed by atoms with Crippen LogP contribution in [0, 0.1) is 12.7 Å². The minimum atomic E-state index is -0.304. The van der Waals surface area contributed by atoms with E-state index in [9.17, 15) is 9.18 Å². The highest BCUT2D eigenvalue weighted by atomic mass is 32.2. The Morgan fingerprint density at radius 2 is 1.92 bits per heavy atom. The van der Waals surface area contributed by atoms with Gasteiger partial charge in [0.1, 0.15) is 11.5 Å². The van der Waals surface area contributed by atoms with E-state index in [0.717, 1.165) is 36.9 Å². The molecule has 2 aromatic rings. The zero-order valence-corrected chi connectivity index (χ0v) is 15.4. The van der Waals surface area contributed by atoms with Crippen LogP contribution in [0.15, 0.2) is 18.2 Å². The topological polar surface area (TPSA) is 39.3 Å². The molecule has 25 heavy (non-hydrogen) atoms. The summed E-state index contributed by atoms with van der Waals surface area (Å²) in [7, 11) is 0. The third kappa shape index (κ3) is 3.17. The molecule has 0 saturated carbocycles. The van der Waals surface area contributed by atoms with E-state index in [0.29, 0.717) is 17.3 Å². The number of benzene rings is 1. The Hall–Kier alpha value is -1.53. The number of rotatable bonds is 2. The van der Waals surface area contributed by atoms with Crippen LogP contribution in [0.3, 0.4) is 0 Å². The van der Waals surface area contributed by atoms with E-state index < -0.39 is 0 Å². The summed E-state index contributed by atoms with van der Waals surface area (Å²) in [6.07, 6.45) is 2.06. The van der Waals surface area contributed by atoms with E-state index in [1.165, 1.54) is 30.7 Å². The Kier molecular flexibility index (Phi) is 4.73. The first kappa shape index (κ1) is 16.9. The number of nitrogens with one attached hydrogen (secondary N) is 1. The summed E-state index contributed by atoms with van der Waals surface area (Å²) in [5.74, 6) is 2.14. The van der Waals surface area contributed by atoms with Crippen molar-refractivity contribution in [3.8, 4) is 0 Å². The molecule has 0 bridgehead atoms. The number of amides is 1. The van der Waals surface area contributed by atoms with E-state index in [1.54, 1.807) is 6.07 Å². The minimum Gasteiger partial charge on any atom is -0.348 e. The van der Waals surface area contributed by atoms with Gasteiger partial charge in [-0.3, -0.25) is 9.69 Å². The number of carbonyl (C=O) groups excluding carboxylic acids is 1. The van der Waals surface area contributed by atoms with Crippen LogP contribution in [-0.2, 0) is 0 Å². The molecule has 2 aliphatic heterocycles. The summed E-state index contributed by atoms with van der Waals surface area (Å²) in [6, 6.07) is 5.58. The fourth-order valence-electron chi connectivity index (χ4n) is 4.07. The maximum atomic E-state index is 14.0. The number of halogens is 1. The molecule has 1 amide bonds. The first-order valence-electron chi connectivity index (χ1n) is 9.03. The van der Waals surface area contributed by atoms with E-state index in [2.05, 4.69) is 9.88 Å². The molecule has 3 heterocycles. The number of fused-ring (bicyclic) bond motifs is 1. The zero-order valence-electron chi connectivity index (χ0n) is 14.6. The van der Waals surface area contributed by atoms with Crippen molar-refractivity contribution in [2.75, 3.05) is 37.7 Å². The van der Waals surface area contributed by atoms with Gasteiger partial charge in [-0.05, 0) is 31.4 Å². The number of H-pyrrole nitrogens is 1. The monoisotopic (exact) mass is 361 g/mol. The molecule has 1 aromatic carbocycles. The molecular weight excluding hydrogens is 337 g/mol. The molecule has 0 unspecified atom stereocenters. The van der Waals surface area contributed by atoms with Crippen LogP contribution >= 0.6 is 11.8 Å². The molecular formula is C19H24FN3OS. The van der Waals surface area contributed by atoms with Gasteiger partial charge in [0.05, 0.1) is 5.52 Å². The second kappa shape index (κ2) is 7.00. The van der Waals surface area contributed by atoms with Crippen molar-refractivity contribution in [2.45, 2.75) is 25.8 Å². The van der Waals surface area contributed by atoms with Gasteiger partial charge in [0.25, 0.3) is 5.91 Å². The van der Waals surface area contributed by atoms with Crippen molar-refractivity contribution in [3.63, 3.8) is 0 Å². The van der Waals surface area contributed by atoms with E-state index >= 15 is 0 Å². The van der Waals surface area contributed by atoms with Crippen molar-refractivity contribution < 1.29 is 9.18 Å². The van der Waals surface area contributed by atoms with Crippen LogP contribution in [-0.4, -0.2) is 64.4 Å². The first-order valence-corrected chi connectivity index (χ1v) is 10.2. The average Bonchev–Trinajstić information content (AvgIpc) is 3.00. The lowest BCUT2D eigenvalue weighted by Gasteiger charge is -2.40. The number of aryl methyl sites for hydroxylation is 1. The van der Waals surface area contributed by atoms with Crippen LogP contribution in [0.2, 0.25) is 0 Å². The van der Waals surface area contributed by atoms with Crippen LogP contribution in [0.4, 0.5) is 4.39 Å². The molecule has 0 radical (unpaired) electrons. The number of nitrogens with zero attached hydrogens (tertiary/aromatic N) is 2. The molecule has 134 valence electrons. The summed E-state index contributed by atoms with van der Waals surface area (Å²) >= 11 is 2.03. The third-order valence-corrected chi connectivity index (χ3v) is 6.51. The predicted molar refractivity (Wildman–Crippen MR) is 101 cm³/mol. The van der Waals surface area contributed by atoms with Crippen molar-refractivity contribution >= 4 is 28.6 Å². The number of piperidine rings is 1. The van der Waals surface area contributed by atoms with Crippen LogP contribution in [0.5, 0.6) is 0 Å². The van der Waals surface area contributed by atoms with Gasteiger partial charge in [-0.15, -0.1) is 0 Å². The quantitative estimate of drug-likeness (QED) is 0.892. The standard InChI is InChI=1S/C19H24FN3OS/c1-13-15-3-2-4-16(20)18(15)21-17(13)19(24)23-7-5-14(6-8-23)22-9-11-25-12-10-22/h2-4,14,21H,5-12H2,1H3. The SMILES string of the molecule is Cc1c(C(=O)N2CCC(N3CCSCC3)CC2)[nH]c2c(F)cccc12. The number of likely N-dealkylation sites (tertiary alicyclic amines) is 1. The van der Waals surface area contributed by atoms with Gasteiger partial charge < -0.3 is 9.88 Å². The van der Waals surface area contributed by atoms with Gasteiger partial charge in [-0.1, -0.05) is 12.1 Å². The highest BCUT2D eigenvalue weighted by molar-refractivity contribution is 7.99. The molecule has 2 fully saturated rings. The second-order valence-corrected chi connectivity index (χ2v) is 8.18. The highest BCUT2D eigenvalue weighted by Crippen LogP contribution is 2.26. The molecule has 4 nitrogen and oxygen atoms in total. The van der Waals surface area contributed by atoms with E-state index in [1.807, 2.05) is 29.7 Å². The van der Waals surface area contributed by atoms with Crippen LogP contribution in [0.25, 0.3) is 10.9 Å². The molecule has 1 aromatic heterocycles. The Morgan fingerprint density at radius 1 is 1.20 bits per heavy atom. The molecule has 6 heteroatoms. The lowest BCUT2D eigenvalue weighted by molar-refractivity contribution is 0.0625. The Balaban J connectivity index is 1.47. The summed E-state index contributed by atoms with van der Waals surface area (Å²) in [5, 5.41) is 0.795. The Morgan fingerprint density at radius 3 is 2.60 bits per heavy atom. The van der Waals surface area contributed by atoms with Gasteiger partial charge in [-0.25, -0.2) is 4.39 Å². The third-order valence-electron chi connectivity index (χ3n) is 5.57. The normalized spacial score (nSPS) is 20.3. The van der Waals surface area contributed by atoms with Gasteiger partial charge in [0.15, 0.2) is 0 Å². The maximum absolute atomic E-state index is 14.0. The summed E-state index contributed by atoms with van der Waals surface area (Å²) in [5.41, 5.74) is 1.81. The molecule has 1 N–H and O–H groups in total. The minimum absolute atomic E-state index is 0.000694. The van der Waals surface area contributed by atoms with Gasteiger partial charge in [0, 0.05) is 49.1 Å². The molecule has 4 rings (SSSR count).